The molecule has 0 spiro atoms. The molecule has 0 bridgehead atoms. The van der Waals surface area contributed by atoms with Crippen molar-refractivity contribution in [2.75, 3.05) is 0 Å². The van der Waals surface area contributed by atoms with Gasteiger partial charge in [0.05, 0.1) is 6.10 Å². The average Bonchev–Trinajstić information content (AvgIpc) is 2.64. The molecule has 0 atom stereocenters. The Morgan fingerprint density at radius 1 is 0.862 bits per heavy atom. The smallest absolute Gasteiger partial charge is 0.407 e. The fourth-order valence-corrected chi connectivity index (χ4v) is 2.50. The van der Waals surface area contributed by atoms with Gasteiger partial charge in [-0.25, -0.2) is 4.79 Å². The topological polar surface area (TPSA) is 76.7 Å². The number of hydrogen-bond acceptors (Lipinski definition) is 4. The summed E-state index contributed by atoms with van der Waals surface area (Å²) in [7, 11) is 0. The summed E-state index contributed by atoms with van der Waals surface area (Å²) in [6.45, 7) is 10.2. The molecule has 0 saturated heterocycles. The third-order valence-electron chi connectivity index (χ3n) is 3.80. The normalized spacial score (nSPS) is 11.1. The third kappa shape index (κ3) is 8.25. The van der Waals surface area contributed by atoms with E-state index in [0.717, 1.165) is 16.9 Å². The predicted octanol–water partition coefficient (Wildman–Crippen LogP) is 4.43. The van der Waals surface area contributed by atoms with Crippen molar-refractivity contribution in [1.82, 2.24) is 10.6 Å². The van der Waals surface area contributed by atoms with Crippen LogP contribution in [0.5, 0.6) is 5.75 Å². The van der Waals surface area contributed by atoms with Crippen molar-refractivity contribution >= 4 is 12.0 Å². The van der Waals surface area contributed by atoms with E-state index in [0.29, 0.717) is 18.7 Å². The Bertz CT molecular complexity index is 806. The van der Waals surface area contributed by atoms with Crippen LogP contribution < -0.4 is 15.4 Å². The van der Waals surface area contributed by atoms with Gasteiger partial charge in [-0.05, 0) is 70.0 Å². The summed E-state index contributed by atoms with van der Waals surface area (Å²) < 4.78 is 10.8. The number of carbonyl (C=O) groups excluding carboxylic acids is 2. The third-order valence-corrected chi connectivity index (χ3v) is 3.80. The Morgan fingerprint density at radius 3 is 1.90 bits per heavy atom. The highest BCUT2D eigenvalue weighted by atomic mass is 16.6. The molecule has 0 saturated carbocycles. The van der Waals surface area contributed by atoms with Crippen molar-refractivity contribution in [3.05, 3.63) is 65.2 Å². The zero-order valence-corrected chi connectivity index (χ0v) is 17.7. The predicted molar refractivity (Wildman–Crippen MR) is 113 cm³/mol. The summed E-state index contributed by atoms with van der Waals surface area (Å²) in [5.41, 5.74) is 1.90. The molecule has 6 nitrogen and oxygen atoms in total. The Kier molecular flexibility index (Phi) is 7.65. The summed E-state index contributed by atoms with van der Waals surface area (Å²) >= 11 is 0. The van der Waals surface area contributed by atoms with E-state index in [2.05, 4.69) is 10.6 Å². The van der Waals surface area contributed by atoms with Crippen LogP contribution in [0.3, 0.4) is 0 Å². The first-order valence-corrected chi connectivity index (χ1v) is 9.72. The van der Waals surface area contributed by atoms with Gasteiger partial charge in [-0.1, -0.05) is 24.3 Å². The lowest BCUT2D eigenvalue weighted by atomic mass is 10.1. The second-order valence-corrected chi connectivity index (χ2v) is 8.05. The van der Waals surface area contributed by atoms with E-state index in [9.17, 15) is 9.59 Å². The number of nitrogens with one attached hydrogen (secondary N) is 2. The highest BCUT2D eigenvalue weighted by Crippen LogP contribution is 2.14. The standard InChI is InChI=1S/C23H30N2O4/c1-16(2)28-20-12-8-18(9-13-20)14-24-21(26)19-10-6-17(7-11-19)15-25-22(27)29-23(3,4)5/h6-13,16H,14-15H2,1-5H3,(H,24,26)(H,25,27). The molecule has 0 radical (unpaired) electrons. The molecule has 2 amide bonds. The lowest BCUT2D eigenvalue weighted by Crippen LogP contribution is -2.32. The first-order valence-electron chi connectivity index (χ1n) is 9.72. The minimum atomic E-state index is -0.534. The van der Waals surface area contributed by atoms with Crippen molar-refractivity contribution in [3.63, 3.8) is 0 Å². The zero-order chi connectivity index (χ0) is 21.4. The Labute approximate surface area is 172 Å². The second-order valence-electron chi connectivity index (χ2n) is 8.05. The van der Waals surface area contributed by atoms with Crippen molar-refractivity contribution in [2.45, 2.75) is 59.4 Å². The van der Waals surface area contributed by atoms with Gasteiger partial charge in [0, 0.05) is 18.7 Å². The fourth-order valence-electron chi connectivity index (χ4n) is 2.50. The van der Waals surface area contributed by atoms with Crippen LogP contribution in [0.25, 0.3) is 0 Å². The molecule has 6 heteroatoms. The molecule has 0 fully saturated rings. The van der Waals surface area contributed by atoms with Gasteiger partial charge in [0.15, 0.2) is 0 Å². The number of rotatable bonds is 7. The SMILES string of the molecule is CC(C)Oc1ccc(CNC(=O)c2ccc(CNC(=O)OC(C)(C)C)cc2)cc1. The maximum atomic E-state index is 12.3. The number of ether oxygens (including phenoxy) is 2. The van der Waals surface area contributed by atoms with Crippen LogP contribution in [0.2, 0.25) is 0 Å². The molecule has 29 heavy (non-hydrogen) atoms. The minimum Gasteiger partial charge on any atom is -0.491 e. The Morgan fingerprint density at radius 2 is 1.38 bits per heavy atom. The van der Waals surface area contributed by atoms with E-state index in [1.807, 2.05) is 71.0 Å². The van der Waals surface area contributed by atoms with Crippen LogP contribution in [0, 0.1) is 0 Å². The first-order chi connectivity index (χ1) is 13.6. The highest BCUT2D eigenvalue weighted by molar-refractivity contribution is 5.94. The fraction of sp³-hybridized carbons (Fsp3) is 0.391. The lowest BCUT2D eigenvalue weighted by Gasteiger charge is -2.19. The minimum absolute atomic E-state index is 0.128. The summed E-state index contributed by atoms with van der Waals surface area (Å²) in [6.07, 6.45) is -0.341. The molecule has 0 unspecified atom stereocenters. The van der Waals surface area contributed by atoms with Crippen LogP contribution in [-0.4, -0.2) is 23.7 Å². The van der Waals surface area contributed by atoms with E-state index in [1.165, 1.54) is 0 Å². The van der Waals surface area contributed by atoms with Crippen LogP contribution in [-0.2, 0) is 17.8 Å². The molecule has 156 valence electrons. The molecule has 0 aliphatic heterocycles. The van der Waals surface area contributed by atoms with Gasteiger partial charge >= 0.3 is 6.09 Å². The lowest BCUT2D eigenvalue weighted by molar-refractivity contribution is 0.0523. The van der Waals surface area contributed by atoms with Crippen LogP contribution >= 0.6 is 0 Å². The van der Waals surface area contributed by atoms with Crippen molar-refractivity contribution in [2.24, 2.45) is 0 Å². The number of amides is 2. The van der Waals surface area contributed by atoms with Gasteiger partial charge in [-0.15, -0.1) is 0 Å². The van der Waals surface area contributed by atoms with Crippen LogP contribution in [0.1, 0.15) is 56.1 Å². The molecular weight excluding hydrogens is 368 g/mol. The molecule has 2 N–H and O–H groups in total. The summed E-state index contributed by atoms with van der Waals surface area (Å²) in [6, 6.07) is 14.8. The van der Waals surface area contributed by atoms with Crippen LogP contribution in [0.4, 0.5) is 4.79 Å². The quantitative estimate of drug-likeness (QED) is 0.723. The van der Waals surface area contributed by atoms with Crippen molar-refractivity contribution < 1.29 is 19.1 Å². The number of carbonyl (C=O) groups is 2. The molecule has 0 aliphatic rings. The molecule has 0 aliphatic carbocycles. The summed E-state index contributed by atoms with van der Waals surface area (Å²) in [4.78, 5) is 24.0. The van der Waals surface area contributed by atoms with Crippen molar-refractivity contribution in [1.29, 1.82) is 0 Å². The summed E-state index contributed by atoms with van der Waals surface area (Å²) in [5.74, 6) is 0.657. The largest absolute Gasteiger partial charge is 0.491 e. The van der Waals surface area contributed by atoms with Gasteiger partial charge in [0.25, 0.3) is 5.91 Å². The van der Waals surface area contributed by atoms with E-state index >= 15 is 0 Å². The van der Waals surface area contributed by atoms with Crippen molar-refractivity contribution in [3.8, 4) is 5.75 Å². The van der Waals surface area contributed by atoms with Gasteiger partial charge in [0.2, 0.25) is 0 Å². The van der Waals surface area contributed by atoms with E-state index in [1.54, 1.807) is 12.1 Å². The Hall–Kier alpha value is -3.02. The van der Waals surface area contributed by atoms with Crippen LogP contribution in [0.15, 0.2) is 48.5 Å². The van der Waals surface area contributed by atoms with Gasteiger partial charge in [-0.3, -0.25) is 4.79 Å². The van der Waals surface area contributed by atoms with E-state index in [4.69, 9.17) is 9.47 Å². The molecule has 0 aromatic heterocycles. The number of benzene rings is 2. The van der Waals surface area contributed by atoms with Gasteiger partial charge in [0.1, 0.15) is 11.4 Å². The average molecular weight is 399 g/mol. The van der Waals surface area contributed by atoms with E-state index < -0.39 is 11.7 Å². The van der Waals surface area contributed by atoms with Gasteiger partial charge in [-0.2, -0.15) is 0 Å². The molecule has 0 heterocycles. The number of hydrogen-bond donors (Lipinski definition) is 2. The highest BCUT2D eigenvalue weighted by Gasteiger charge is 2.15. The summed E-state index contributed by atoms with van der Waals surface area (Å²) in [5, 5.41) is 5.60. The second kappa shape index (κ2) is 9.96. The molecular formula is C23H30N2O4. The number of alkyl carbamates (subject to hydrolysis) is 1. The Balaban J connectivity index is 1.81. The molecule has 2 aromatic carbocycles. The molecule has 2 aromatic rings. The monoisotopic (exact) mass is 398 g/mol. The maximum Gasteiger partial charge on any atom is 0.407 e. The van der Waals surface area contributed by atoms with E-state index in [-0.39, 0.29) is 12.0 Å². The first kappa shape index (κ1) is 22.3. The molecule has 2 rings (SSSR count). The van der Waals surface area contributed by atoms with Gasteiger partial charge < -0.3 is 20.1 Å². The maximum absolute atomic E-state index is 12.3. The zero-order valence-electron chi connectivity index (χ0n) is 17.7.